The van der Waals surface area contributed by atoms with Crippen molar-refractivity contribution >= 4 is 40.3 Å². The summed E-state index contributed by atoms with van der Waals surface area (Å²) in [6, 6.07) is 16.7. The highest BCUT2D eigenvalue weighted by atomic mass is 16.3. The van der Waals surface area contributed by atoms with E-state index in [1.54, 1.807) is 49.1 Å². The average molecular weight is 632 g/mol. The van der Waals surface area contributed by atoms with Gasteiger partial charge in [-0.05, 0) is 42.3 Å². The minimum atomic E-state index is -1.37. The molecule has 5 heterocycles. The number of amides is 4. The number of nitrogens with zero attached hydrogens (tertiary/aromatic N) is 4. The van der Waals surface area contributed by atoms with E-state index in [0.29, 0.717) is 28.4 Å². The molecule has 0 spiro atoms. The third-order valence-corrected chi connectivity index (χ3v) is 8.25. The maximum atomic E-state index is 13.2. The predicted molar refractivity (Wildman–Crippen MR) is 167 cm³/mol. The molecule has 5 aromatic rings. The van der Waals surface area contributed by atoms with Crippen molar-refractivity contribution in [1.82, 2.24) is 30.5 Å². The first-order valence-corrected chi connectivity index (χ1v) is 15.0. The van der Waals surface area contributed by atoms with Crippen molar-refractivity contribution in [2.75, 3.05) is 5.32 Å². The number of benzene rings is 2. The molecular weight excluding hydrogens is 602 g/mol. The molecule has 4 N–H and O–H groups in total. The molecule has 2 aliphatic rings. The monoisotopic (exact) mass is 631 g/mol. The van der Waals surface area contributed by atoms with Gasteiger partial charge in [-0.3, -0.25) is 34.4 Å². The van der Waals surface area contributed by atoms with Crippen LogP contribution in [0.3, 0.4) is 0 Å². The Morgan fingerprint density at radius 1 is 1.04 bits per heavy atom. The number of para-hydroxylation sites is 1. The molecule has 0 saturated carbocycles. The summed E-state index contributed by atoms with van der Waals surface area (Å²) < 4.78 is 6.06. The molecule has 7 rings (SSSR count). The molecule has 236 valence electrons. The molecule has 0 radical (unpaired) electrons. The van der Waals surface area contributed by atoms with Crippen LogP contribution in [0.5, 0.6) is 0 Å². The molecular formula is C34H29N7O6. The van der Waals surface area contributed by atoms with Crippen molar-refractivity contribution < 1.29 is 28.7 Å². The van der Waals surface area contributed by atoms with Gasteiger partial charge in [-0.1, -0.05) is 30.3 Å². The zero-order chi connectivity index (χ0) is 32.5. The SMILES string of the molecule is O=C1CCC(N2C(=O)c3cccc(NCc4ncc(CC(=O)NC(c5cccnc5)c5cc6ccccc6o5)cn4)c3C2O)C(=O)N1. The number of rotatable bonds is 9. The Morgan fingerprint density at radius 2 is 1.87 bits per heavy atom. The van der Waals surface area contributed by atoms with Gasteiger partial charge < -0.3 is 20.2 Å². The highest BCUT2D eigenvalue weighted by molar-refractivity contribution is 6.06. The maximum absolute atomic E-state index is 13.2. The Kier molecular flexibility index (Phi) is 7.88. The van der Waals surface area contributed by atoms with E-state index < -0.39 is 36.0 Å². The Morgan fingerprint density at radius 3 is 2.64 bits per heavy atom. The summed E-state index contributed by atoms with van der Waals surface area (Å²) in [5.74, 6) is -0.757. The van der Waals surface area contributed by atoms with Crippen molar-refractivity contribution in [1.29, 1.82) is 0 Å². The van der Waals surface area contributed by atoms with Crippen molar-refractivity contribution in [2.45, 2.75) is 44.1 Å². The highest BCUT2D eigenvalue weighted by Gasteiger charge is 2.45. The molecule has 13 heteroatoms. The van der Waals surface area contributed by atoms with Crippen LogP contribution in [0.2, 0.25) is 0 Å². The molecule has 13 nitrogen and oxygen atoms in total. The van der Waals surface area contributed by atoms with Crippen LogP contribution in [0.4, 0.5) is 5.69 Å². The number of hydrogen-bond donors (Lipinski definition) is 4. The summed E-state index contributed by atoms with van der Waals surface area (Å²) in [5.41, 5.74) is 3.18. The number of piperidine rings is 1. The van der Waals surface area contributed by atoms with E-state index in [-0.39, 0.29) is 37.3 Å². The lowest BCUT2D eigenvalue weighted by Gasteiger charge is -2.32. The Balaban J connectivity index is 1.01. The summed E-state index contributed by atoms with van der Waals surface area (Å²) in [6.07, 6.45) is 5.36. The minimum Gasteiger partial charge on any atom is -0.459 e. The molecule has 3 aromatic heterocycles. The molecule has 3 atom stereocenters. The summed E-state index contributed by atoms with van der Waals surface area (Å²) in [7, 11) is 0. The van der Waals surface area contributed by atoms with Crippen molar-refractivity contribution in [3.63, 3.8) is 0 Å². The smallest absolute Gasteiger partial charge is 0.257 e. The summed E-state index contributed by atoms with van der Waals surface area (Å²) in [6.45, 7) is 0.164. The number of aliphatic hydroxyl groups is 1. The molecule has 2 aromatic carbocycles. The van der Waals surface area contributed by atoms with Crippen molar-refractivity contribution in [3.05, 3.63) is 119 Å². The number of aliphatic hydroxyl groups excluding tert-OH is 1. The minimum absolute atomic E-state index is 0.0291. The number of anilines is 1. The van der Waals surface area contributed by atoms with Crippen LogP contribution in [0, 0.1) is 0 Å². The van der Waals surface area contributed by atoms with Crippen LogP contribution >= 0.6 is 0 Å². The fourth-order valence-electron chi connectivity index (χ4n) is 5.98. The van der Waals surface area contributed by atoms with Gasteiger partial charge in [0, 0.05) is 59.0 Å². The van der Waals surface area contributed by atoms with E-state index in [9.17, 15) is 24.3 Å². The van der Waals surface area contributed by atoms with E-state index in [1.807, 2.05) is 36.4 Å². The fourth-order valence-corrected chi connectivity index (χ4v) is 5.98. The standard InChI is InChI=1S/C34H29N7O6/c42-28-11-10-24(32(44)40-28)41-33(45)22-7-3-8-23(30(22)34(41)46)36-18-27-37-15-19(16-38-27)13-29(43)39-31(21-6-4-12-35-17-21)26-14-20-5-1-2-9-25(20)47-26/h1-9,12,14-17,24,31,34,36,46H,10-11,13,18H2,(H,39,43)(H,40,42,44). The number of fused-ring (bicyclic) bond motifs is 2. The molecule has 0 aliphatic carbocycles. The topological polar surface area (TPSA) is 180 Å². The van der Waals surface area contributed by atoms with Crippen LogP contribution in [-0.2, 0) is 27.3 Å². The number of hydrogen-bond acceptors (Lipinski definition) is 10. The number of imide groups is 1. The molecule has 1 saturated heterocycles. The van der Waals surface area contributed by atoms with Gasteiger partial charge in [-0.15, -0.1) is 0 Å². The van der Waals surface area contributed by atoms with Gasteiger partial charge in [0.1, 0.15) is 29.3 Å². The molecule has 2 aliphatic heterocycles. The Bertz CT molecular complexity index is 1960. The van der Waals surface area contributed by atoms with E-state index >= 15 is 0 Å². The zero-order valence-electron chi connectivity index (χ0n) is 24.9. The normalized spacial score (nSPS) is 18.1. The number of carbonyl (C=O) groups excluding carboxylic acids is 4. The van der Waals surface area contributed by atoms with Crippen molar-refractivity contribution in [2.24, 2.45) is 0 Å². The number of nitrogens with one attached hydrogen (secondary N) is 3. The Labute approximate surface area is 268 Å². The van der Waals surface area contributed by atoms with E-state index in [2.05, 4.69) is 30.9 Å². The van der Waals surface area contributed by atoms with Gasteiger partial charge in [-0.25, -0.2) is 9.97 Å². The first kappa shape index (κ1) is 29.7. The lowest BCUT2D eigenvalue weighted by atomic mass is 10.0. The molecule has 0 bridgehead atoms. The number of furan rings is 1. The second-order valence-corrected chi connectivity index (χ2v) is 11.3. The van der Waals surface area contributed by atoms with Crippen LogP contribution in [-0.4, -0.2) is 54.6 Å². The fraction of sp³-hybridized carbons (Fsp3) is 0.206. The van der Waals surface area contributed by atoms with Crippen LogP contribution in [0.15, 0.2) is 89.9 Å². The van der Waals surface area contributed by atoms with Gasteiger partial charge in [0.25, 0.3) is 5.91 Å². The van der Waals surface area contributed by atoms with Gasteiger partial charge in [-0.2, -0.15) is 0 Å². The maximum Gasteiger partial charge on any atom is 0.257 e. The number of pyridine rings is 1. The zero-order valence-corrected chi connectivity index (χ0v) is 24.9. The van der Waals surface area contributed by atoms with Crippen molar-refractivity contribution in [3.8, 4) is 0 Å². The predicted octanol–water partition coefficient (Wildman–Crippen LogP) is 2.93. The number of carbonyl (C=O) groups is 4. The van der Waals surface area contributed by atoms with E-state index in [0.717, 1.165) is 21.4 Å². The average Bonchev–Trinajstić information content (AvgIpc) is 3.62. The summed E-state index contributed by atoms with van der Waals surface area (Å²) in [4.78, 5) is 64.5. The van der Waals surface area contributed by atoms with Gasteiger partial charge in [0.2, 0.25) is 17.7 Å². The number of aromatic nitrogens is 3. The molecule has 47 heavy (non-hydrogen) atoms. The lowest BCUT2D eigenvalue weighted by Crippen LogP contribution is -2.53. The first-order valence-electron chi connectivity index (χ1n) is 15.0. The second kappa shape index (κ2) is 12.4. The quantitative estimate of drug-likeness (QED) is 0.177. The molecule has 4 amide bonds. The van der Waals surface area contributed by atoms with Crippen LogP contribution in [0.25, 0.3) is 11.0 Å². The van der Waals surface area contributed by atoms with E-state index in [1.165, 1.54) is 0 Å². The van der Waals surface area contributed by atoms with E-state index in [4.69, 9.17) is 4.42 Å². The lowest BCUT2D eigenvalue weighted by molar-refractivity contribution is -0.139. The Hall–Kier alpha value is -5.95. The summed E-state index contributed by atoms with van der Waals surface area (Å²) in [5, 5.41) is 20.5. The van der Waals surface area contributed by atoms with Gasteiger partial charge in [0.05, 0.1) is 13.0 Å². The molecule has 1 fully saturated rings. The van der Waals surface area contributed by atoms with Gasteiger partial charge in [0.15, 0.2) is 6.23 Å². The first-order chi connectivity index (χ1) is 22.9. The third-order valence-electron chi connectivity index (χ3n) is 8.25. The van der Waals surface area contributed by atoms with Crippen LogP contribution in [0.1, 0.15) is 63.7 Å². The van der Waals surface area contributed by atoms with Crippen LogP contribution < -0.4 is 16.0 Å². The highest BCUT2D eigenvalue weighted by Crippen LogP contribution is 2.39. The summed E-state index contributed by atoms with van der Waals surface area (Å²) >= 11 is 0. The third kappa shape index (κ3) is 5.91. The largest absolute Gasteiger partial charge is 0.459 e. The second-order valence-electron chi connectivity index (χ2n) is 11.3. The molecule has 3 unspecified atom stereocenters. The van der Waals surface area contributed by atoms with Gasteiger partial charge >= 0.3 is 0 Å².